The lowest BCUT2D eigenvalue weighted by atomic mass is 10.1. The van der Waals surface area contributed by atoms with Gasteiger partial charge in [0.2, 0.25) is 5.91 Å². The number of halogens is 1. The summed E-state index contributed by atoms with van der Waals surface area (Å²) in [6.07, 6.45) is 2.90. The van der Waals surface area contributed by atoms with E-state index >= 15 is 0 Å². The summed E-state index contributed by atoms with van der Waals surface area (Å²) in [5.41, 5.74) is 0.117. The van der Waals surface area contributed by atoms with Gasteiger partial charge in [0.1, 0.15) is 0 Å². The first-order valence-electron chi connectivity index (χ1n) is 4.45. The summed E-state index contributed by atoms with van der Waals surface area (Å²) in [6, 6.07) is 0. The Morgan fingerprint density at radius 2 is 2.17 bits per heavy atom. The molecular formula is C9H16BrNO. The maximum Gasteiger partial charge on any atom is 0.220 e. The number of amides is 1. The molecule has 0 unspecified atom stereocenters. The number of rotatable bonds is 4. The molecule has 0 aromatic heterocycles. The van der Waals surface area contributed by atoms with Gasteiger partial charge in [-0.2, -0.15) is 0 Å². The van der Waals surface area contributed by atoms with E-state index in [9.17, 15) is 4.79 Å². The second-order valence-corrected chi connectivity index (χ2v) is 4.62. The zero-order chi connectivity index (χ0) is 9.19. The zero-order valence-corrected chi connectivity index (χ0v) is 9.28. The van der Waals surface area contributed by atoms with E-state index < -0.39 is 0 Å². The van der Waals surface area contributed by atoms with Gasteiger partial charge >= 0.3 is 0 Å². The van der Waals surface area contributed by atoms with Crippen molar-refractivity contribution in [3.63, 3.8) is 0 Å². The highest BCUT2D eigenvalue weighted by Crippen LogP contribution is 2.36. The van der Waals surface area contributed by atoms with Crippen LogP contribution in [0.15, 0.2) is 0 Å². The predicted molar refractivity (Wildman–Crippen MR) is 53.4 cm³/mol. The number of hydrogen-bond acceptors (Lipinski definition) is 1. The minimum absolute atomic E-state index is 0.117. The molecule has 70 valence electrons. The lowest BCUT2D eigenvalue weighted by Gasteiger charge is -2.14. The standard InChI is InChI=1S/C9H16BrNO/c1-7(2)5-8(12)11-9(6-10)3-4-9/h7H,3-6H2,1-2H3,(H,11,12). The van der Waals surface area contributed by atoms with E-state index in [1.807, 2.05) is 0 Å². The molecule has 1 N–H and O–H groups in total. The van der Waals surface area contributed by atoms with Crippen LogP contribution in [-0.2, 0) is 4.79 Å². The summed E-state index contributed by atoms with van der Waals surface area (Å²) in [4.78, 5) is 11.3. The van der Waals surface area contributed by atoms with Crippen LogP contribution in [-0.4, -0.2) is 16.8 Å². The van der Waals surface area contributed by atoms with Gasteiger partial charge in [0.15, 0.2) is 0 Å². The Hall–Kier alpha value is -0.0500. The lowest BCUT2D eigenvalue weighted by molar-refractivity contribution is -0.122. The molecule has 1 aliphatic carbocycles. The molecule has 0 aromatic carbocycles. The summed E-state index contributed by atoms with van der Waals surface area (Å²) in [6.45, 7) is 4.13. The maximum absolute atomic E-state index is 11.3. The molecule has 1 saturated carbocycles. The van der Waals surface area contributed by atoms with Gasteiger partial charge < -0.3 is 5.32 Å². The molecule has 0 bridgehead atoms. The predicted octanol–water partition coefficient (Wildman–Crippen LogP) is 2.08. The summed E-state index contributed by atoms with van der Waals surface area (Å²) >= 11 is 3.41. The summed E-state index contributed by atoms with van der Waals surface area (Å²) < 4.78 is 0. The van der Waals surface area contributed by atoms with E-state index in [2.05, 4.69) is 35.1 Å². The van der Waals surface area contributed by atoms with Crippen LogP contribution in [0.3, 0.4) is 0 Å². The first-order valence-corrected chi connectivity index (χ1v) is 5.57. The van der Waals surface area contributed by atoms with Crippen molar-refractivity contribution in [2.45, 2.75) is 38.6 Å². The van der Waals surface area contributed by atoms with Crippen LogP contribution < -0.4 is 5.32 Å². The molecule has 12 heavy (non-hydrogen) atoms. The van der Waals surface area contributed by atoms with Crippen LogP contribution in [0.25, 0.3) is 0 Å². The number of carbonyl (C=O) groups excluding carboxylic acids is 1. The summed E-state index contributed by atoms with van der Waals surface area (Å²) in [7, 11) is 0. The first-order chi connectivity index (χ1) is 5.58. The molecule has 1 amide bonds. The summed E-state index contributed by atoms with van der Waals surface area (Å²) in [5, 5.41) is 3.96. The van der Waals surface area contributed by atoms with Gasteiger partial charge in [0.25, 0.3) is 0 Å². The van der Waals surface area contributed by atoms with Gasteiger partial charge in [-0.15, -0.1) is 0 Å². The highest BCUT2D eigenvalue weighted by Gasteiger charge is 2.42. The van der Waals surface area contributed by atoms with Gasteiger partial charge in [0.05, 0.1) is 0 Å². The quantitative estimate of drug-likeness (QED) is 0.741. The molecular weight excluding hydrogens is 218 g/mol. The van der Waals surface area contributed by atoms with Crippen molar-refractivity contribution >= 4 is 21.8 Å². The Morgan fingerprint density at radius 3 is 2.50 bits per heavy atom. The van der Waals surface area contributed by atoms with E-state index in [4.69, 9.17) is 0 Å². The van der Waals surface area contributed by atoms with Crippen molar-refractivity contribution in [3.8, 4) is 0 Å². The molecule has 0 radical (unpaired) electrons. The van der Waals surface area contributed by atoms with E-state index in [0.717, 1.165) is 18.2 Å². The van der Waals surface area contributed by atoms with Crippen LogP contribution in [0, 0.1) is 5.92 Å². The second-order valence-electron chi connectivity index (χ2n) is 4.06. The van der Waals surface area contributed by atoms with E-state index in [-0.39, 0.29) is 11.4 Å². The topological polar surface area (TPSA) is 29.1 Å². The third kappa shape index (κ3) is 2.77. The number of hydrogen-bond donors (Lipinski definition) is 1. The lowest BCUT2D eigenvalue weighted by Crippen LogP contribution is -2.38. The van der Waals surface area contributed by atoms with Crippen molar-refractivity contribution in [2.24, 2.45) is 5.92 Å². The third-order valence-corrected chi connectivity index (χ3v) is 3.18. The minimum atomic E-state index is 0.117. The Kier molecular flexibility index (Phi) is 3.16. The molecule has 0 saturated heterocycles. The SMILES string of the molecule is CC(C)CC(=O)NC1(CBr)CC1. The number of carbonyl (C=O) groups is 1. The van der Waals surface area contributed by atoms with Gasteiger partial charge in [-0.25, -0.2) is 0 Å². The Bertz CT molecular complexity index is 175. The zero-order valence-electron chi connectivity index (χ0n) is 7.69. The Morgan fingerprint density at radius 1 is 1.58 bits per heavy atom. The highest BCUT2D eigenvalue weighted by molar-refractivity contribution is 9.09. The molecule has 0 aliphatic heterocycles. The fourth-order valence-electron chi connectivity index (χ4n) is 1.16. The first kappa shape index (κ1) is 10.0. The molecule has 0 spiro atoms. The van der Waals surface area contributed by atoms with Crippen molar-refractivity contribution < 1.29 is 4.79 Å². The van der Waals surface area contributed by atoms with E-state index in [0.29, 0.717) is 12.3 Å². The highest BCUT2D eigenvalue weighted by atomic mass is 79.9. The van der Waals surface area contributed by atoms with Crippen LogP contribution in [0.5, 0.6) is 0 Å². The monoisotopic (exact) mass is 233 g/mol. The molecule has 1 fully saturated rings. The van der Waals surface area contributed by atoms with Crippen LogP contribution in [0.4, 0.5) is 0 Å². The van der Waals surface area contributed by atoms with Crippen molar-refractivity contribution in [3.05, 3.63) is 0 Å². The molecule has 1 aliphatic rings. The van der Waals surface area contributed by atoms with Gasteiger partial charge in [-0.1, -0.05) is 29.8 Å². The van der Waals surface area contributed by atoms with E-state index in [1.54, 1.807) is 0 Å². The van der Waals surface area contributed by atoms with Crippen LogP contribution >= 0.6 is 15.9 Å². The van der Waals surface area contributed by atoms with Crippen LogP contribution in [0.1, 0.15) is 33.1 Å². The van der Waals surface area contributed by atoms with Crippen LogP contribution in [0.2, 0.25) is 0 Å². The Balaban J connectivity index is 2.26. The number of nitrogens with one attached hydrogen (secondary N) is 1. The van der Waals surface area contributed by atoms with Gasteiger partial charge in [-0.05, 0) is 18.8 Å². The molecule has 3 heteroatoms. The van der Waals surface area contributed by atoms with E-state index in [1.165, 1.54) is 0 Å². The maximum atomic E-state index is 11.3. The fraction of sp³-hybridized carbons (Fsp3) is 0.889. The molecule has 0 heterocycles. The average molecular weight is 234 g/mol. The smallest absolute Gasteiger partial charge is 0.220 e. The fourth-order valence-corrected chi connectivity index (χ4v) is 1.86. The molecule has 0 aromatic rings. The molecule has 1 rings (SSSR count). The van der Waals surface area contributed by atoms with Gasteiger partial charge in [0, 0.05) is 17.3 Å². The molecule has 0 atom stereocenters. The molecule has 2 nitrogen and oxygen atoms in total. The minimum Gasteiger partial charge on any atom is -0.350 e. The van der Waals surface area contributed by atoms with Crippen molar-refractivity contribution in [1.82, 2.24) is 5.32 Å². The normalized spacial score (nSPS) is 19.3. The largest absolute Gasteiger partial charge is 0.350 e. The summed E-state index contributed by atoms with van der Waals surface area (Å²) in [5.74, 6) is 0.651. The number of alkyl halides is 1. The third-order valence-electron chi connectivity index (χ3n) is 2.11. The van der Waals surface area contributed by atoms with Gasteiger partial charge in [-0.3, -0.25) is 4.79 Å². The van der Waals surface area contributed by atoms with Crippen molar-refractivity contribution in [1.29, 1.82) is 0 Å². The Labute approximate surface area is 82.2 Å². The average Bonchev–Trinajstić information content (AvgIpc) is 2.67. The second kappa shape index (κ2) is 3.77. The van der Waals surface area contributed by atoms with Crippen molar-refractivity contribution in [2.75, 3.05) is 5.33 Å².